The van der Waals surface area contributed by atoms with Gasteiger partial charge in [-0.2, -0.15) is 0 Å². The Morgan fingerprint density at radius 3 is 2.50 bits per heavy atom. The third kappa shape index (κ3) is 9.34. The minimum Gasteiger partial charge on any atom is -0.274 e. The van der Waals surface area contributed by atoms with Gasteiger partial charge >= 0.3 is 0 Å². The molecule has 0 amide bonds. The fraction of sp³-hybridized carbons (Fsp3) is 0.800. The van der Waals surface area contributed by atoms with E-state index in [0.717, 1.165) is 13.0 Å². The molecule has 2 nitrogen and oxygen atoms in total. The summed E-state index contributed by atoms with van der Waals surface area (Å²) < 4.78 is 0. The lowest BCUT2D eigenvalue weighted by Gasteiger charge is -1.87. The summed E-state index contributed by atoms with van der Waals surface area (Å²) in [7, 11) is 0. The summed E-state index contributed by atoms with van der Waals surface area (Å²) in [5, 5.41) is 0. The molecule has 0 spiro atoms. The largest absolute Gasteiger partial charge is 0.274 e. The average molecular weight is 168 g/mol. The number of unbranched alkanes of at least 4 members (excludes halogenated alkanes) is 3. The van der Waals surface area contributed by atoms with Gasteiger partial charge in [-0.1, -0.05) is 26.7 Å². The van der Waals surface area contributed by atoms with E-state index in [4.69, 9.17) is 0 Å². The lowest BCUT2D eigenvalue weighted by Crippen LogP contribution is -1.80. The first-order chi connectivity index (χ1) is 5.91. The molecule has 0 rings (SSSR count). The maximum Gasteiger partial charge on any atom is 0.109 e. The van der Waals surface area contributed by atoms with Crippen LogP contribution in [0.2, 0.25) is 0 Å². The molecule has 0 heterocycles. The summed E-state index contributed by atoms with van der Waals surface area (Å²) in [6.07, 6.45) is 9.53. The fourth-order valence-electron chi connectivity index (χ4n) is 0.771. The zero-order valence-electron chi connectivity index (χ0n) is 8.29. The van der Waals surface area contributed by atoms with Gasteiger partial charge in [0.1, 0.15) is 6.34 Å². The van der Waals surface area contributed by atoms with Crippen LogP contribution in [-0.4, -0.2) is 19.1 Å². The van der Waals surface area contributed by atoms with Gasteiger partial charge in [0.2, 0.25) is 0 Å². The molecular weight excluding hydrogens is 148 g/mol. The van der Waals surface area contributed by atoms with Gasteiger partial charge in [-0.05, 0) is 19.3 Å². The monoisotopic (exact) mass is 168 g/mol. The van der Waals surface area contributed by atoms with Gasteiger partial charge in [-0.15, -0.1) is 0 Å². The highest BCUT2D eigenvalue weighted by atomic mass is 14.8. The van der Waals surface area contributed by atoms with E-state index >= 15 is 0 Å². The molecule has 0 saturated carbocycles. The van der Waals surface area contributed by atoms with Crippen molar-refractivity contribution in [3.05, 3.63) is 0 Å². The molecule has 0 fully saturated rings. The third-order valence-corrected chi connectivity index (χ3v) is 1.58. The highest BCUT2D eigenvalue weighted by Gasteiger charge is 1.77. The zero-order chi connectivity index (χ0) is 9.07. The summed E-state index contributed by atoms with van der Waals surface area (Å²) in [6.45, 7) is 5.27. The Hall–Kier alpha value is -0.660. The van der Waals surface area contributed by atoms with E-state index in [-0.39, 0.29) is 0 Å². The molecule has 0 N–H and O–H groups in total. The first-order valence-corrected chi connectivity index (χ1v) is 4.91. The maximum absolute atomic E-state index is 4.14. The number of nitrogens with zero attached hydrogens (tertiary/aromatic N) is 2. The Kier molecular flexibility index (Phi) is 9.77. The first-order valence-electron chi connectivity index (χ1n) is 4.91. The Bertz CT molecular complexity index is 112. The van der Waals surface area contributed by atoms with Crippen LogP contribution in [0.4, 0.5) is 0 Å². The van der Waals surface area contributed by atoms with Gasteiger partial charge in [0.15, 0.2) is 0 Å². The normalized spacial score (nSPS) is 11.8. The molecular formula is C10H20N2. The molecule has 12 heavy (non-hydrogen) atoms. The van der Waals surface area contributed by atoms with Crippen LogP contribution in [0.15, 0.2) is 9.98 Å². The molecule has 0 aromatic carbocycles. The lowest BCUT2D eigenvalue weighted by molar-refractivity contribution is 0.809. The van der Waals surface area contributed by atoms with E-state index < -0.39 is 0 Å². The van der Waals surface area contributed by atoms with Gasteiger partial charge in [0.05, 0.1) is 0 Å². The standard InChI is InChI=1S/C10H20N2/c1-3-5-7-9-12-10-11-8-6-4-2/h9-10H,3-8H2,1-2H3. The predicted octanol–water partition coefficient (Wildman–Crippen LogP) is 3.08. The summed E-state index contributed by atoms with van der Waals surface area (Å²) in [6, 6.07) is 0. The van der Waals surface area contributed by atoms with Crippen LogP contribution in [0.3, 0.4) is 0 Å². The van der Waals surface area contributed by atoms with Gasteiger partial charge in [-0.3, -0.25) is 4.99 Å². The van der Waals surface area contributed by atoms with Crippen LogP contribution in [-0.2, 0) is 0 Å². The van der Waals surface area contributed by atoms with Crippen LogP contribution in [0.5, 0.6) is 0 Å². The molecule has 0 atom stereocenters. The predicted molar refractivity (Wildman–Crippen MR) is 56.3 cm³/mol. The SMILES string of the molecule is CCCCC=NC=NCCCC. The molecule has 70 valence electrons. The van der Waals surface area contributed by atoms with Crippen LogP contribution in [0.25, 0.3) is 0 Å². The lowest BCUT2D eigenvalue weighted by atomic mass is 10.3. The molecule has 0 unspecified atom stereocenters. The second-order valence-corrected chi connectivity index (χ2v) is 2.85. The minimum absolute atomic E-state index is 0.918. The minimum atomic E-state index is 0.918. The van der Waals surface area contributed by atoms with Gasteiger partial charge in [0.25, 0.3) is 0 Å². The summed E-state index contributed by atoms with van der Waals surface area (Å²) >= 11 is 0. The Labute approximate surface area is 75.8 Å². The van der Waals surface area contributed by atoms with E-state index in [1.54, 1.807) is 6.34 Å². The first kappa shape index (κ1) is 11.3. The molecule has 0 saturated heterocycles. The van der Waals surface area contributed by atoms with Gasteiger partial charge in [-0.25, -0.2) is 4.99 Å². The summed E-state index contributed by atoms with van der Waals surface area (Å²) in [5.74, 6) is 0. The smallest absolute Gasteiger partial charge is 0.109 e. The molecule has 0 aromatic heterocycles. The molecule has 0 aromatic rings. The van der Waals surface area contributed by atoms with Crippen molar-refractivity contribution in [2.24, 2.45) is 9.98 Å². The second kappa shape index (κ2) is 10.3. The molecule has 0 aliphatic rings. The fourth-order valence-corrected chi connectivity index (χ4v) is 0.771. The molecule has 2 heteroatoms. The van der Waals surface area contributed by atoms with Crippen molar-refractivity contribution in [1.29, 1.82) is 0 Å². The van der Waals surface area contributed by atoms with Crippen molar-refractivity contribution in [2.45, 2.75) is 46.0 Å². The van der Waals surface area contributed by atoms with Crippen molar-refractivity contribution in [3.63, 3.8) is 0 Å². The second-order valence-electron chi connectivity index (χ2n) is 2.85. The van der Waals surface area contributed by atoms with Crippen molar-refractivity contribution in [1.82, 2.24) is 0 Å². The molecule has 0 radical (unpaired) electrons. The number of rotatable bonds is 7. The van der Waals surface area contributed by atoms with Crippen LogP contribution < -0.4 is 0 Å². The Morgan fingerprint density at radius 2 is 1.83 bits per heavy atom. The van der Waals surface area contributed by atoms with Gasteiger partial charge in [0, 0.05) is 12.8 Å². The number of hydrogen-bond acceptors (Lipinski definition) is 1. The van der Waals surface area contributed by atoms with E-state index in [2.05, 4.69) is 23.8 Å². The topological polar surface area (TPSA) is 24.7 Å². The van der Waals surface area contributed by atoms with Crippen molar-refractivity contribution < 1.29 is 0 Å². The van der Waals surface area contributed by atoms with Crippen LogP contribution in [0.1, 0.15) is 46.0 Å². The van der Waals surface area contributed by atoms with E-state index in [0.29, 0.717) is 0 Å². The van der Waals surface area contributed by atoms with Gasteiger partial charge < -0.3 is 0 Å². The van der Waals surface area contributed by atoms with Crippen molar-refractivity contribution in [2.75, 3.05) is 6.54 Å². The van der Waals surface area contributed by atoms with Crippen LogP contribution in [0, 0.1) is 0 Å². The van der Waals surface area contributed by atoms with E-state index in [9.17, 15) is 0 Å². The van der Waals surface area contributed by atoms with E-state index in [1.807, 2.05) is 6.21 Å². The highest BCUT2D eigenvalue weighted by Crippen LogP contribution is 1.89. The van der Waals surface area contributed by atoms with Crippen molar-refractivity contribution in [3.8, 4) is 0 Å². The summed E-state index contributed by atoms with van der Waals surface area (Å²) in [4.78, 5) is 8.20. The Morgan fingerprint density at radius 1 is 1.08 bits per heavy atom. The van der Waals surface area contributed by atoms with Crippen LogP contribution >= 0.6 is 0 Å². The van der Waals surface area contributed by atoms with Crippen molar-refractivity contribution >= 4 is 12.6 Å². The number of hydrogen-bond donors (Lipinski definition) is 0. The maximum atomic E-state index is 4.14. The Balaban J connectivity index is 3.15. The molecule has 0 aliphatic heterocycles. The average Bonchev–Trinajstić information content (AvgIpc) is 2.10. The zero-order valence-corrected chi connectivity index (χ0v) is 8.29. The van der Waals surface area contributed by atoms with E-state index in [1.165, 1.54) is 25.7 Å². The molecule has 0 aliphatic carbocycles. The highest BCUT2D eigenvalue weighted by molar-refractivity contribution is 5.71. The quantitative estimate of drug-likeness (QED) is 0.317. The molecule has 0 bridgehead atoms. The number of aliphatic imine (C=N–C) groups is 2. The third-order valence-electron chi connectivity index (χ3n) is 1.58. The summed E-state index contributed by atoms with van der Waals surface area (Å²) in [5.41, 5.74) is 0.